The molecule has 3 N–H and O–H groups in total. The molecule has 4 rings (SSSR count). The molecule has 0 aliphatic rings. The Balaban J connectivity index is 1.74. The van der Waals surface area contributed by atoms with Crippen LogP contribution in [0, 0.1) is 0 Å². The SMILES string of the molecule is O=C(c1ccccc1)c1cccc(/C=c2\[nH]c(=O)/c(=C/c3ncc[nH]3)[nH]c2=O)c1. The van der Waals surface area contributed by atoms with Gasteiger partial charge in [-0.2, -0.15) is 0 Å². The first kappa shape index (κ1) is 18.1. The highest BCUT2D eigenvalue weighted by atomic mass is 16.1. The van der Waals surface area contributed by atoms with Gasteiger partial charge in [-0.05, 0) is 17.7 Å². The lowest BCUT2D eigenvalue weighted by molar-refractivity contribution is 0.103. The fourth-order valence-corrected chi connectivity index (χ4v) is 2.88. The van der Waals surface area contributed by atoms with Crippen molar-refractivity contribution >= 4 is 17.9 Å². The minimum absolute atomic E-state index is 0.0927. The van der Waals surface area contributed by atoms with Crippen molar-refractivity contribution in [1.29, 1.82) is 0 Å². The smallest absolute Gasteiger partial charge is 0.272 e. The minimum Gasteiger partial charge on any atom is -0.345 e. The number of hydrogen-bond acceptors (Lipinski definition) is 4. The third-order valence-electron chi connectivity index (χ3n) is 4.28. The molecule has 2 heterocycles. The molecule has 29 heavy (non-hydrogen) atoms. The van der Waals surface area contributed by atoms with Gasteiger partial charge in [0.25, 0.3) is 11.1 Å². The Morgan fingerprint density at radius 3 is 2.21 bits per heavy atom. The Hall–Kier alpha value is -4.26. The summed E-state index contributed by atoms with van der Waals surface area (Å²) in [5.74, 6) is 0.335. The molecule has 2 aromatic heterocycles. The number of nitrogens with one attached hydrogen (secondary N) is 3. The maximum Gasteiger partial charge on any atom is 0.272 e. The van der Waals surface area contributed by atoms with Crippen molar-refractivity contribution in [2.45, 2.75) is 0 Å². The molecule has 0 unspecified atom stereocenters. The predicted molar refractivity (Wildman–Crippen MR) is 109 cm³/mol. The molecule has 0 spiro atoms. The Morgan fingerprint density at radius 1 is 0.828 bits per heavy atom. The van der Waals surface area contributed by atoms with E-state index in [9.17, 15) is 14.4 Å². The summed E-state index contributed by atoms with van der Waals surface area (Å²) in [7, 11) is 0. The molecule has 7 nitrogen and oxygen atoms in total. The second-order valence-corrected chi connectivity index (χ2v) is 6.32. The highest BCUT2D eigenvalue weighted by Crippen LogP contribution is 2.12. The molecule has 0 amide bonds. The second-order valence-electron chi connectivity index (χ2n) is 6.32. The van der Waals surface area contributed by atoms with Crippen molar-refractivity contribution in [3.05, 3.63) is 121 Å². The van der Waals surface area contributed by atoms with Crippen LogP contribution in [0.15, 0.2) is 76.6 Å². The number of carbonyl (C=O) groups excluding carboxylic acids is 1. The third kappa shape index (κ3) is 4.03. The topological polar surface area (TPSA) is 111 Å². The van der Waals surface area contributed by atoms with E-state index < -0.39 is 11.1 Å². The zero-order chi connectivity index (χ0) is 20.2. The van der Waals surface area contributed by atoms with Crippen LogP contribution in [-0.4, -0.2) is 25.7 Å². The van der Waals surface area contributed by atoms with Crippen LogP contribution in [0.1, 0.15) is 27.3 Å². The number of nitrogens with zero attached hydrogens (tertiary/aromatic N) is 1. The van der Waals surface area contributed by atoms with Crippen LogP contribution in [0.25, 0.3) is 12.2 Å². The van der Waals surface area contributed by atoms with Crippen molar-refractivity contribution < 1.29 is 4.79 Å². The summed E-state index contributed by atoms with van der Waals surface area (Å²) in [6, 6.07) is 15.8. The van der Waals surface area contributed by atoms with E-state index in [-0.39, 0.29) is 16.5 Å². The molecular formula is C22H16N4O3. The number of rotatable bonds is 4. The van der Waals surface area contributed by atoms with Gasteiger partial charge in [0.2, 0.25) is 0 Å². The monoisotopic (exact) mass is 384 g/mol. The van der Waals surface area contributed by atoms with E-state index in [4.69, 9.17) is 0 Å². The van der Waals surface area contributed by atoms with Gasteiger partial charge < -0.3 is 15.0 Å². The Kier molecular flexibility index (Phi) is 4.86. The van der Waals surface area contributed by atoms with Crippen molar-refractivity contribution in [2.75, 3.05) is 0 Å². The van der Waals surface area contributed by atoms with Crippen LogP contribution in [0.2, 0.25) is 0 Å². The summed E-state index contributed by atoms with van der Waals surface area (Å²) in [6.45, 7) is 0. The van der Waals surface area contributed by atoms with Gasteiger partial charge in [0.1, 0.15) is 16.5 Å². The van der Waals surface area contributed by atoms with E-state index in [1.165, 1.54) is 12.2 Å². The zero-order valence-corrected chi connectivity index (χ0v) is 15.2. The molecule has 142 valence electrons. The number of hydrogen-bond donors (Lipinski definition) is 3. The lowest BCUT2D eigenvalue weighted by atomic mass is 10.0. The van der Waals surface area contributed by atoms with Crippen molar-refractivity contribution in [1.82, 2.24) is 19.9 Å². The highest BCUT2D eigenvalue weighted by molar-refractivity contribution is 6.09. The first-order valence-corrected chi connectivity index (χ1v) is 8.85. The van der Waals surface area contributed by atoms with Gasteiger partial charge in [-0.3, -0.25) is 14.4 Å². The predicted octanol–water partition coefficient (Wildman–Crippen LogP) is 0.675. The lowest BCUT2D eigenvalue weighted by Crippen LogP contribution is -2.46. The first-order valence-electron chi connectivity index (χ1n) is 8.85. The Labute approximate surface area is 164 Å². The van der Waals surface area contributed by atoms with E-state index in [0.717, 1.165) is 0 Å². The van der Waals surface area contributed by atoms with E-state index in [1.54, 1.807) is 60.9 Å². The molecule has 0 radical (unpaired) electrons. The average Bonchev–Trinajstić information content (AvgIpc) is 3.25. The normalized spacial score (nSPS) is 12.3. The molecule has 0 atom stereocenters. The van der Waals surface area contributed by atoms with Crippen molar-refractivity contribution in [3.63, 3.8) is 0 Å². The number of benzene rings is 2. The van der Waals surface area contributed by atoms with Crippen LogP contribution in [0.5, 0.6) is 0 Å². The molecule has 0 bridgehead atoms. The molecule has 0 saturated carbocycles. The molecule has 7 heteroatoms. The van der Waals surface area contributed by atoms with E-state index in [1.807, 2.05) is 6.07 Å². The molecule has 0 aliphatic carbocycles. The van der Waals surface area contributed by atoms with E-state index >= 15 is 0 Å². The summed E-state index contributed by atoms with van der Waals surface area (Å²) in [4.78, 5) is 49.3. The Bertz CT molecular complexity index is 1400. The van der Waals surface area contributed by atoms with Crippen LogP contribution in [0.3, 0.4) is 0 Å². The molecular weight excluding hydrogens is 368 g/mol. The van der Waals surface area contributed by atoms with Crippen molar-refractivity contribution in [2.24, 2.45) is 0 Å². The van der Waals surface area contributed by atoms with Gasteiger partial charge in [-0.25, -0.2) is 4.98 Å². The third-order valence-corrected chi connectivity index (χ3v) is 4.28. The molecule has 0 aliphatic heterocycles. The molecule has 4 aromatic rings. The van der Waals surface area contributed by atoms with Gasteiger partial charge in [-0.15, -0.1) is 0 Å². The highest BCUT2D eigenvalue weighted by Gasteiger charge is 2.08. The first-order chi connectivity index (χ1) is 14.1. The summed E-state index contributed by atoms with van der Waals surface area (Å²) < 4.78 is 0. The van der Waals surface area contributed by atoms with Crippen LogP contribution >= 0.6 is 0 Å². The largest absolute Gasteiger partial charge is 0.345 e. The maximum absolute atomic E-state index is 12.6. The van der Waals surface area contributed by atoms with Crippen LogP contribution in [-0.2, 0) is 0 Å². The van der Waals surface area contributed by atoms with Gasteiger partial charge in [0, 0.05) is 29.6 Å². The maximum atomic E-state index is 12.6. The van der Waals surface area contributed by atoms with E-state index in [2.05, 4.69) is 19.9 Å². The minimum atomic E-state index is -0.456. The number of H-pyrrole nitrogens is 3. The van der Waals surface area contributed by atoms with Crippen LogP contribution < -0.4 is 21.8 Å². The van der Waals surface area contributed by atoms with E-state index in [0.29, 0.717) is 22.5 Å². The quantitative estimate of drug-likeness (QED) is 0.449. The summed E-state index contributed by atoms with van der Waals surface area (Å²) in [6.07, 6.45) is 6.13. The summed E-state index contributed by atoms with van der Waals surface area (Å²) >= 11 is 0. The molecule has 0 saturated heterocycles. The lowest BCUT2D eigenvalue weighted by Gasteiger charge is -2.02. The van der Waals surface area contributed by atoms with Gasteiger partial charge >= 0.3 is 0 Å². The Morgan fingerprint density at radius 2 is 1.52 bits per heavy atom. The number of imidazole rings is 1. The summed E-state index contributed by atoms with van der Waals surface area (Å²) in [5, 5.41) is 0.186. The number of aromatic amines is 3. The fraction of sp³-hybridized carbons (Fsp3) is 0. The standard InChI is InChI=1S/C22H16N4O3/c27-20(15-6-2-1-3-7-15)16-8-4-5-14(11-16)12-17-21(28)26-18(22(29)25-17)13-19-23-9-10-24-19/h1-13H,(H,23,24)(H,25,29)(H,26,28)/b17-12-,18-13-. The van der Waals surface area contributed by atoms with Gasteiger partial charge in [0.05, 0.1) is 0 Å². The van der Waals surface area contributed by atoms with Crippen LogP contribution in [0.4, 0.5) is 0 Å². The van der Waals surface area contributed by atoms with Gasteiger partial charge in [0.15, 0.2) is 5.78 Å². The fourth-order valence-electron chi connectivity index (χ4n) is 2.88. The second kappa shape index (κ2) is 7.77. The molecule has 2 aromatic carbocycles. The van der Waals surface area contributed by atoms with Gasteiger partial charge in [-0.1, -0.05) is 48.5 Å². The zero-order valence-electron chi connectivity index (χ0n) is 15.2. The number of aromatic nitrogens is 4. The number of carbonyl (C=O) groups is 1. The van der Waals surface area contributed by atoms with Crippen molar-refractivity contribution in [3.8, 4) is 0 Å². The average molecular weight is 384 g/mol. The number of ketones is 1. The molecule has 0 fully saturated rings. The summed E-state index contributed by atoms with van der Waals surface area (Å²) in [5.41, 5.74) is 0.780.